The highest BCUT2D eigenvalue weighted by molar-refractivity contribution is 6.36. The van der Waals surface area contributed by atoms with E-state index >= 15 is 0 Å². The van der Waals surface area contributed by atoms with Crippen molar-refractivity contribution in [3.63, 3.8) is 0 Å². The number of aromatic nitrogens is 2. The minimum Gasteiger partial charge on any atom is -0.352 e. The summed E-state index contributed by atoms with van der Waals surface area (Å²) in [6, 6.07) is 20.3. The molecule has 1 aromatic heterocycles. The molecule has 7 heteroatoms. The first-order valence-electron chi connectivity index (χ1n) is 9.44. The molecule has 0 spiro atoms. The lowest BCUT2D eigenvalue weighted by Crippen LogP contribution is -2.26. The van der Waals surface area contributed by atoms with E-state index in [9.17, 15) is 4.79 Å². The van der Waals surface area contributed by atoms with Crippen LogP contribution in [0.1, 0.15) is 21.7 Å². The van der Waals surface area contributed by atoms with E-state index in [0.717, 1.165) is 22.4 Å². The highest BCUT2D eigenvalue weighted by Gasteiger charge is 2.15. The van der Waals surface area contributed by atoms with E-state index in [4.69, 9.17) is 39.8 Å². The molecule has 1 N–H and O–H groups in total. The van der Waals surface area contributed by atoms with Crippen LogP contribution in [0.25, 0.3) is 11.0 Å². The number of halogens is 3. The molecule has 3 aromatic carbocycles. The van der Waals surface area contributed by atoms with E-state index in [1.165, 1.54) is 0 Å². The number of imidazole rings is 1. The molecule has 1 heterocycles. The summed E-state index contributed by atoms with van der Waals surface area (Å²) in [5.41, 5.74) is 3.16. The van der Waals surface area contributed by atoms with Gasteiger partial charge in [-0.25, -0.2) is 4.98 Å². The number of carbonyl (C=O) groups excluding carboxylic acids is 1. The van der Waals surface area contributed by atoms with E-state index in [1.807, 2.05) is 42.5 Å². The maximum atomic E-state index is 12.4. The van der Waals surface area contributed by atoms with Gasteiger partial charge < -0.3 is 9.88 Å². The molecule has 0 aliphatic rings. The third-order valence-electron chi connectivity index (χ3n) is 4.86. The van der Waals surface area contributed by atoms with Crippen LogP contribution in [0.5, 0.6) is 0 Å². The number of hydrogen-bond donors (Lipinski definition) is 1. The molecule has 1 amide bonds. The van der Waals surface area contributed by atoms with Crippen molar-refractivity contribution < 1.29 is 4.79 Å². The van der Waals surface area contributed by atoms with Crippen LogP contribution in [0, 0.1) is 0 Å². The van der Waals surface area contributed by atoms with Gasteiger partial charge in [0.1, 0.15) is 5.82 Å². The zero-order valence-electron chi connectivity index (χ0n) is 15.9. The SMILES string of the molecule is O=C(NCCc1nc2ccccc2n1Cc1c(Cl)cccc1Cl)c1ccccc1Cl. The van der Waals surface area contributed by atoms with Crippen molar-refractivity contribution in [3.05, 3.63) is 98.7 Å². The van der Waals surface area contributed by atoms with Gasteiger partial charge in [-0.15, -0.1) is 0 Å². The third kappa shape index (κ3) is 4.31. The number of rotatable bonds is 6. The number of fused-ring (bicyclic) bond motifs is 1. The van der Waals surface area contributed by atoms with Gasteiger partial charge in [0.15, 0.2) is 0 Å². The van der Waals surface area contributed by atoms with Gasteiger partial charge in [0, 0.05) is 28.6 Å². The van der Waals surface area contributed by atoms with Crippen molar-refractivity contribution in [1.29, 1.82) is 0 Å². The van der Waals surface area contributed by atoms with E-state index in [2.05, 4.69) is 9.88 Å². The highest BCUT2D eigenvalue weighted by atomic mass is 35.5. The smallest absolute Gasteiger partial charge is 0.252 e. The van der Waals surface area contributed by atoms with Gasteiger partial charge in [0.2, 0.25) is 0 Å². The van der Waals surface area contributed by atoms with Gasteiger partial charge in [0.25, 0.3) is 5.91 Å². The van der Waals surface area contributed by atoms with E-state index in [1.54, 1.807) is 24.3 Å². The third-order valence-corrected chi connectivity index (χ3v) is 5.90. The van der Waals surface area contributed by atoms with Gasteiger partial charge in [-0.1, -0.05) is 65.1 Å². The summed E-state index contributed by atoms with van der Waals surface area (Å²) in [5.74, 6) is 0.629. The topological polar surface area (TPSA) is 46.9 Å². The molecular formula is C23H18Cl3N3O. The molecule has 0 aliphatic heterocycles. The molecule has 152 valence electrons. The van der Waals surface area contributed by atoms with Crippen molar-refractivity contribution in [1.82, 2.24) is 14.9 Å². The van der Waals surface area contributed by atoms with Crippen LogP contribution in [-0.4, -0.2) is 22.0 Å². The van der Waals surface area contributed by atoms with Crippen LogP contribution in [0.3, 0.4) is 0 Å². The Balaban J connectivity index is 1.57. The van der Waals surface area contributed by atoms with Crippen LogP contribution in [-0.2, 0) is 13.0 Å². The molecule has 4 rings (SSSR count). The van der Waals surface area contributed by atoms with Crippen molar-refractivity contribution in [2.24, 2.45) is 0 Å². The minimum absolute atomic E-state index is 0.211. The van der Waals surface area contributed by atoms with Crippen molar-refractivity contribution in [2.45, 2.75) is 13.0 Å². The predicted molar refractivity (Wildman–Crippen MR) is 123 cm³/mol. The fraction of sp³-hybridized carbons (Fsp3) is 0.130. The average molecular weight is 459 g/mol. The molecule has 4 nitrogen and oxygen atoms in total. The first kappa shape index (κ1) is 20.7. The maximum Gasteiger partial charge on any atom is 0.252 e. The number of nitrogens with one attached hydrogen (secondary N) is 1. The lowest BCUT2D eigenvalue weighted by molar-refractivity contribution is 0.0954. The molecule has 4 aromatic rings. The summed E-state index contributed by atoms with van der Waals surface area (Å²) in [4.78, 5) is 17.2. The van der Waals surface area contributed by atoms with Crippen LogP contribution in [0.15, 0.2) is 66.7 Å². The first-order valence-corrected chi connectivity index (χ1v) is 10.6. The largest absolute Gasteiger partial charge is 0.352 e. The summed E-state index contributed by atoms with van der Waals surface area (Å²) in [6.07, 6.45) is 0.549. The molecule has 0 bridgehead atoms. The molecule has 0 atom stereocenters. The highest BCUT2D eigenvalue weighted by Crippen LogP contribution is 2.27. The Morgan fingerprint density at radius 2 is 1.53 bits per heavy atom. The van der Waals surface area contributed by atoms with Gasteiger partial charge in [0.05, 0.1) is 28.2 Å². The monoisotopic (exact) mass is 457 g/mol. The zero-order valence-corrected chi connectivity index (χ0v) is 18.2. The number of benzene rings is 3. The number of amides is 1. The molecule has 0 radical (unpaired) electrons. The molecule has 0 unspecified atom stereocenters. The number of carbonyl (C=O) groups is 1. The Morgan fingerprint density at radius 1 is 0.867 bits per heavy atom. The first-order chi connectivity index (χ1) is 14.5. The van der Waals surface area contributed by atoms with Crippen molar-refractivity contribution in [2.75, 3.05) is 6.54 Å². The van der Waals surface area contributed by atoms with Gasteiger partial charge in [-0.2, -0.15) is 0 Å². The van der Waals surface area contributed by atoms with Crippen LogP contribution in [0.2, 0.25) is 15.1 Å². The number of hydrogen-bond acceptors (Lipinski definition) is 2. The maximum absolute atomic E-state index is 12.4. The minimum atomic E-state index is -0.211. The summed E-state index contributed by atoms with van der Waals surface area (Å²) < 4.78 is 2.09. The second-order valence-corrected chi connectivity index (χ2v) is 8.01. The Hall–Kier alpha value is -2.53. The molecule has 0 saturated heterocycles. The second-order valence-electron chi connectivity index (χ2n) is 6.79. The Kier molecular flexibility index (Phi) is 6.28. The zero-order chi connectivity index (χ0) is 21.1. The summed E-state index contributed by atoms with van der Waals surface area (Å²) in [6.45, 7) is 0.913. The fourth-order valence-corrected chi connectivity index (χ4v) is 4.10. The lowest BCUT2D eigenvalue weighted by atomic mass is 10.2. The Labute approximate surface area is 189 Å². The molecule has 30 heavy (non-hydrogen) atoms. The van der Waals surface area contributed by atoms with Gasteiger partial charge in [-0.3, -0.25) is 4.79 Å². The lowest BCUT2D eigenvalue weighted by Gasteiger charge is -2.13. The van der Waals surface area contributed by atoms with Crippen molar-refractivity contribution >= 4 is 51.7 Å². The van der Waals surface area contributed by atoms with Crippen LogP contribution in [0.4, 0.5) is 0 Å². The summed E-state index contributed by atoms with van der Waals surface area (Å²) in [7, 11) is 0. The van der Waals surface area contributed by atoms with E-state index in [-0.39, 0.29) is 5.91 Å². The summed E-state index contributed by atoms with van der Waals surface area (Å²) >= 11 is 18.9. The molecule has 0 fully saturated rings. The normalized spacial score (nSPS) is 11.0. The Bertz CT molecular complexity index is 1200. The van der Waals surface area contributed by atoms with Crippen LogP contribution >= 0.6 is 34.8 Å². The second kappa shape index (κ2) is 9.09. The molecule has 0 saturated carbocycles. The van der Waals surface area contributed by atoms with E-state index in [0.29, 0.717) is 40.1 Å². The number of nitrogens with zero attached hydrogens (tertiary/aromatic N) is 2. The predicted octanol–water partition coefficient (Wildman–Crippen LogP) is 6.02. The van der Waals surface area contributed by atoms with Crippen molar-refractivity contribution in [3.8, 4) is 0 Å². The van der Waals surface area contributed by atoms with Gasteiger partial charge >= 0.3 is 0 Å². The standard InChI is InChI=1S/C23H18Cl3N3O/c24-17-7-2-1-6-15(17)23(30)27-13-12-22-28-20-10-3-4-11-21(20)29(22)14-16-18(25)8-5-9-19(16)26/h1-11H,12-14H2,(H,27,30). The number of para-hydroxylation sites is 2. The van der Waals surface area contributed by atoms with E-state index < -0.39 is 0 Å². The summed E-state index contributed by atoms with van der Waals surface area (Å²) in [5, 5.41) is 4.56. The molecule has 0 aliphatic carbocycles. The average Bonchev–Trinajstić information content (AvgIpc) is 3.08. The Morgan fingerprint density at radius 3 is 2.30 bits per heavy atom. The van der Waals surface area contributed by atoms with Crippen LogP contribution < -0.4 is 5.32 Å². The van der Waals surface area contributed by atoms with Gasteiger partial charge in [-0.05, 0) is 36.4 Å². The quantitative estimate of drug-likeness (QED) is 0.384. The fourth-order valence-electron chi connectivity index (χ4n) is 3.36. The molecular weight excluding hydrogens is 441 g/mol.